The number of halogens is 3. The predicted molar refractivity (Wildman–Crippen MR) is 130 cm³/mol. The van der Waals surface area contributed by atoms with Gasteiger partial charge >= 0.3 is 6.36 Å². The lowest BCUT2D eigenvalue weighted by atomic mass is 10.0. The fourth-order valence-corrected chi connectivity index (χ4v) is 3.71. The van der Waals surface area contributed by atoms with Gasteiger partial charge in [0, 0.05) is 35.8 Å². The van der Waals surface area contributed by atoms with Gasteiger partial charge in [0.2, 0.25) is 5.88 Å². The minimum absolute atomic E-state index is 0.0246. The maximum Gasteiger partial charge on any atom is 0.573 e. The van der Waals surface area contributed by atoms with Gasteiger partial charge in [-0.05, 0) is 29.8 Å². The molecule has 0 fully saturated rings. The van der Waals surface area contributed by atoms with E-state index in [1.165, 1.54) is 37.6 Å². The Morgan fingerprint density at radius 1 is 1.05 bits per heavy atom. The standard InChI is InChI=1S/C25H22F3N5O5/c1-37-24-18(22(35)30-12-15-4-2-3-5-20(15)38-25(26,27)28)10-16(13-31-24)14-6-7-17-19(11-14)32-33-21(17)23(36)29-8-9-34/h2-7,10-11,13,34H,8-9,12H2,1H3,(H,29,36)(H,30,35)(H,32,33). The highest BCUT2D eigenvalue weighted by Gasteiger charge is 2.32. The number of para-hydroxylation sites is 1. The second kappa shape index (κ2) is 11.2. The molecule has 0 saturated heterocycles. The Hall–Kier alpha value is -4.65. The zero-order valence-electron chi connectivity index (χ0n) is 19.9. The number of benzene rings is 2. The maximum atomic E-state index is 13.0. The van der Waals surface area contributed by atoms with E-state index in [9.17, 15) is 22.8 Å². The molecule has 38 heavy (non-hydrogen) atoms. The Kier molecular flexibility index (Phi) is 7.76. The summed E-state index contributed by atoms with van der Waals surface area (Å²) < 4.78 is 47.4. The van der Waals surface area contributed by atoms with E-state index >= 15 is 0 Å². The van der Waals surface area contributed by atoms with Crippen LogP contribution in [0.15, 0.2) is 54.7 Å². The van der Waals surface area contributed by atoms with Crippen LogP contribution in [0, 0.1) is 0 Å². The predicted octanol–water partition coefficient (Wildman–Crippen LogP) is 3.18. The van der Waals surface area contributed by atoms with E-state index < -0.39 is 23.9 Å². The number of ether oxygens (including phenoxy) is 2. The van der Waals surface area contributed by atoms with Crippen LogP contribution < -0.4 is 20.1 Å². The van der Waals surface area contributed by atoms with Crippen LogP contribution in [-0.2, 0) is 6.54 Å². The molecular weight excluding hydrogens is 507 g/mol. The number of aliphatic hydroxyl groups excluding tert-OH is 1. The molecule has 0 unspecified atom stereocenters. The van der Waals surface area contributed by atoms with Gasteiger partial charge in [-0.25, -0.2) is 4.98 Å². The molecule has 198 valence electrons. The number of H-pyrrole nitrogens is 1. The number of nitrogens with zero attached hydrogens (tertiary/aromatic N) is 2. The Morgan fingerprint density at radius 2 is 1.84 bits per heavy atom. The van der Waals surface area contributed by atoms with Crippen molar-refractivity contribution in [3.8, 4) is 22.8 Å². The van der Waals surface area contributed by atoms with Crippen LogP contribution in [0.1, 0.15) is 26.4 Å². The van der Waals surface area contributed by atoms with Crippen molar-refractivity contribution in [2.24, 2.45) is 0 Å². The summed E-state index contributed by atoms with van der Waals surface area (Å²) in [5.41, 5.74) is 2.11. The van der Waals surface area contributed by atoms with Crippen molar-refractivity contribution in [3.05, 3.63) is 71.5 Å². The van der Waals surface area contributed by atoms with Crippen LogP contribution in [0.5, 0.6) is 11.6 Å². The topological polar surface area (TPSA) is 138 Å². The molecule has 0 saturated carbocycles. The number of pyridine rings is 1. The first-order chi connectivity index (χ1) is 18.2. The van der Waals surface area contributed by atoms with Gasteiger partial charge in [0.25, 0.3) is 11.8 Å². The number of fused-ring (bicyclic) bond motifs is 1. The van der Waals surface area contributed by atoms with Crippen molar-refractivity contribution in [3.63, 3.8) is 0 Å². The lowest BCUT2D eigenvalue weighted by Gasteiger charge is -2.14. The summed E-state index contributed by atoms with van der Waals surface area (Å²) in [6.45, 7) is -0.346. The number of carbonyl (C=O) groups is 2. The molecule has 0 bridgehead atoms. The van der Waals surface area contributed by atoms with E-state index in [1.807, 2.05) is 0 Å². The molecule has 0 aliphatic carbocycles. The molecule has 2 heterocycles. The van der Waals surface area contributed by atoms with Crippen LogP contribution in [0.3, 0.4) is 0 Å². The summed E-state index contributed by atoms with van der Waals surface area (Å²) in [7, 11) is 1.34. The average Bonchev–Trinajstić information content (AvgIpc) is 3.33. The van der Waals surface area contributed by atoms with Crippen LogP contribution in [0.4, 0.5) is 13.2 Å². The normalized spacial score (nSPS) is 11.3. The van der Waals surface area contributed by atoms with Gasteiger partial charge in [0.1, 0.15) is 11.3 Å². The third-order valence-corrected chi connectivity index (χ3v) is 5.44. The lowest BCUT2D eigenvalue weighted by Crippen LogP contribution is -2.26. The Balaban J connectivity index is 1.57. The largest absolute Gasteiger partial charge is 0.573 e. The van der Waals surface area contributed by atoms with Gasteiger partial charge in [-0.3, -0.25) is 14.7 Å². The second-order valence-electron chi connectivity index (χ2n) is 7.93. The van der Waals surface area contributed by atoms with Gasteiger partial charge in [-0.15, -0.1) is 13.2 Å². The number of aromatic amines is 1. The summed E-state index contributed by atoms with van der Waals surface area (Å²) >= 11 is 0. The van der Waals surface area contributed by atoms with E-state index in [0.717, 1.165) is 6.07 Å². The Bertz CT molecular complexity index is 1470. The Morgan fingerprint density at radius 3 is 2.58 bits per heavy atom. The molecule has 0 spiro atoms. The fraction of sp³-hybridized carbons (Fsp3) is 0.200. The van der Waals surface area contributed by atoms with E-state index in [-0.39, 0.29) is 42.4 Å². The zero-order chi connectivity index (χ0) is 27.3. The van der Waals surface area contributed by atoms with Crippen molar-refractivity contribution >= 4 is 22.7 Å². The quantitative estimate of drug-likeness (QED) is 0.261. The minimum atomic E-state index is -4.87. The minimum Gasteiger partial charge on any atom is -0.480 e. The van der Waals surface area contributed by atoms with Gasteiger partial charge in [0.05, 0.1) is 19.2 Å². The van der Waals surface area contributed by atoms with Crippen LogP contribution in [0.2, 0.25) is 0 Å². The highest BCUT2D eigenvalue weighted by Crippen LogP contribution is 2.29. The summed E-state index contributed by atoms with van der Waals surface area (Å²) in [4.78, 5) is 29.4. The van der Waals surface area contributed by atoms with Crippen LogP contribution >= 0.6 is 0 Å². The number of hydrogen-bond donors (Lipinski definition) is 4. The van der Waals surface area contributed by atoms with Crippen molar-refractivity contribution in [1.82, 2.24) is 25.8 Å². The van der Waals surface area contributed by atoms with E-state index in [4.69, 9.17) is 9.84 Å². The number of alkyl halides is 3. The molecule has 4 rings (SSSR count). The number of carbonyl (C=O) groups excluding carboxylic acids is 2. The molecule has 2 aromatic heterocycles. The molecule has 10 nitrogen and oxygen atoms in total. The van der Waals surface area contributed by atoms with Crippen molar-refractivity contribution < 1.29 is 37.3 Å². The first kappa shape index (κ1) is 26.4. The third-order valence-electron chi connectivity index (χ3n) is 5.44. The SMILES string of the molecule is COc1ncc(-c2ccc3c(C(=O)NCCO)n[nH]c3c2)cc1C(=O)NCc1ccccc1OC(F)(F)F. The van der Waals surface area contributed by atoms with Crippen LogP contribution in [-0.4, -0.2) is 58.7 Å². The molecule has 13 heteroatoms. The van der Waals surface area contributed by atoms with E-state index in [0.29, 0.717) is 22.0 Å². The van der Waals surface area contributed by atoms with Gasteiger partial charge in [-0.2, -0.15) is 5.10 Å². The molecule has 0 aliphatic heterocycles. The zero-order valence-corrected chi connectivity index (χ0v) is 19.9. The van der Waals surface area contributed by atoms with E-state index in [1.54, 1.807) is 18.2 Å². The number of rotatable bonds is 9. The molecular formula is C25H22F3N5O5. The van der Waals surface area contributed by atoms with Gasteiger partial charge < -0.3 is 25.2 Å². The third kappa shape index (κ3) is 6.00. The van der Waals surface area contributed by atoms with Crippen LogP contribution in [0.25, 0.3) is 22.0 Å². The molecule has 2 aromatic carbocycles. The van der Waals surface area contributed by atoms with Crippen molar-refractivity contribution in [2.75, 3.05) is 20.3 Å². The monoisotopic (exact) mass is 529 g/mol. The van der Waals surface area contributed by atoms with Gasteiger partial charge in [0.15, 0.2) is 5.69 Å². The smallest absolute Gasteiger partial charge is 0.480 e. The number of hydrogen-bond acceptors (Lipinski definition) is 7. The molecule has 0 aliphatic rings. The van der Waals surface area contributed by atoms with Gasteiger partial charge in [-0.1, -0.05) is 24.3 Å². The maximum absolute atomic E-state index is 13.0. The average molecular weight is 529 g/mol. The second-order valence-corrected chi connectivity index (χ2v) is 7.93. The van der Waals surface area contributed by atoms with E-state index in [2.05, 4.69) is 30.6 Å². The molecule has 4 N–H and O–H groups in total. The summed E-state index contributed by atoms with van der Waals surface area (Å²) in [6.07, 6.45) is -3.38. The Labute approximate surface area is 213 Å². The number of amides is 2. The van der Waals surface area contributed by atoms with Crippen molar-refractivity contribution in [2.45, 2.75) is 12.9 Å². The first-order valence-corrected chi connectivity index (χ1v) is 11.2. The number of aromatic nitrogens is 3. The summed E-state index contributed by atoms with van der Waals surface area (Å²) in [6, 6.07) is 12.1. The molecule has 0 radical (unpaired) electrons. The summed E-state index contributed by atoms with van der Waals surface area (Å²) in [5.74, 6) is -1.46. The lowest BCUT2D eigenvalue weighted by molar-refractivity contribution is -0.274. The number of nitrogens with one attached hydrogen (secondary N) is 3. The highest BCUT2D eigenvalue weighted by atomic mass is 19.4. The molecule has 4 aromatic rings. The first-order valence-electron chi connectivity index (χ1n) is 11.2. The summed E-state index contributed by atoms with van der Waals surface area (Å²) in [5, 5.41) is 21.4. The fourth-order valence-electron chi connectivity index (χ4n) is 3.71. The number of aliphatic hydroxyl groups is 1. The molecule has 2 amide bonds. The highest BCUT2D eigenvalue weighted by molar-refractivity contribution is 6.05. The number of methoxy groups -OCH3 is 1. The molecule has 0 atom stereocenters. The van der Waals surface area contributed by atoms with Crippen molar-refractivity contribution in [1.29, 1.82) is 0 Å².